The van der Waals surface area contributed by atoms with E-state index in [0.717, 1.165) is 17.0 Å². The number of fused-ring (bicyclic) bond motifs is 1. The molecule has 11 heteroatoms. The van der Waals surface area contributed by atoms with Gasteiger partial charge in [-0.25, -0.2) is 4.39 Å². The highest BCUT2D eigenvalue weighted by Crippen LogP contribution is 2.47. The van der Waals surface area contributed by atoms with Crippen molar-refractivity contribution < 1.29 is 28.4 Å². The number of halogens is 2. The third-order valence-corrected chi connectivity index (χ3v) is 6.90. The summed E-state index contributed by atoms with van der Waals surface area (Å²) >= 11 is 3.40. The Labute approximate surface area is 212 Å². The summed E-state index contributed by atoms with van der Waals surface area (Å²) in [6.45, 7) is 1.59. The van der Waals surface area contributed by atoms with Crippen LogP contribution >= 0.6 is 15.9 Å². The van der Waals surface area contributed by atoms with E-state index in [4.69, 9.17) is 4.74 Å². The maximum Gasteiger partial charge on any atom is 0.270 e. The zero-order chi connectivity index (χ0) is 25.9. The van der Waals surface area contributed by atoms with Gasteiger partial charge in [0.25, 0.3) is 23.4 Å². The molecule has 0 unspecified atom stereocenters. The van der Waals surface area contributed by atoms with Crippen LogP contribution in [0, 0.1) is 22.9 Å². The lowest BCUT2D eigenvalue weighted by Gasteiger charge is -2.50. The van der Waals surface area contributed by atoms with Gasteiger partial charge in [-0.2, -0.15) is 0 Å². The third-order valence-electron chi connectivity index (χ3n) is 6.40. The molecule has 0 bridgehead atoms. The Kier molecular flexibility index (Phi) is 5.59. The molecule has 1 saturated heterocycles. The van der Waals surface area contributed by atoms with Crippen molar-refractivity contribution >= 4 is 45.0 Å². The Hall–Kier alpha value is -4.12. The number of hydrogen-bond donors (Lipinski definition) is 0. The van der Waals surface area contributed by atoms with E-state index in [1.54, 1.807) is 31.2 Å². The second-order valence-corrected chi connectivity index (χ2v) is 9.30. The van der Waals surface area contributed by atoms with Gasteiger partial charge in [0, 0.05) is 27.9 Å². The van der Waals surface area contributed by atoms with E-state index in [0.29, 0.717) is 21.3 Å². The number of nitro groups is 1. The highest BCUT2D eigenvalue weighted by Gasteiger charge is 2.58. The minimum atomic E-state index is -1.27. The summed E-state index contributed by atoms with van der Waals surface area (Å²) < 4.78 is 20.6. The molecule has 2 aliphatic rings. The lowest BCUT2D eigenvalue weighted by molar-refractivity contribution is -0.384. The fraction of sp³-hybridized carbons (Fsp3) is 0.160. The van der Waals surface area contributed by atoms with Crippen molar-refractivity contribution in [2.75, 3.05) is 12.0 Å². The van der Waals surface area contributed by atoms with Crippen LogP contribution < -0.4 is 9.64 Å². The summed E-state index contributed by atoms with van der Waals surface area (Å²) in [5.41, 5.74) is 0.596. The number of imide groups is 1. The van der Waals surface area contributed by atoms with Gasteiger partial charge >= 0.3 is 0 Å². The van der Waals surface area contributed by atoms with Crippen molar-refractivity contribution in [1.82, 2.24) is 4.90 Å². The van der Waals surface area contributed by atoms with Crippen molar-refractivity contribution in [1.29, 1.82) is 0 Å². The Morgan fingerprint density at radius 2 is 1.67 bits per heavy atom. The van der Waals surface area contributed by atoms with E-state index < -0.39 is 40.5 Å². The van der Waals surface area contributed by atoms with Gasteiger partial charge in [0.1, 0.15) is 17.6 Å². The first kappa shape index (κ1) is 23.6. The lowest BCUT2D eigenvalue weighted by Crippen LogP contribution is -2.67. The van der Waals surface area contributed by atoms with E-state index in [1.165, 1.54) is 30.2 Å². The normalized spacial score (nSPS) is 18.8. The van der Waals surface area contributed by atoms with Crippen molar-refractivity contribution in [3.63, 3.8) is 0 Å². The van der Waals surface area contributed by atoms with Crippen LogP contribution in [-0.4, -0.2) is 40.7 Å². The van der Waals surface area contributed by atoms with Gasteiger partial charge in [-0.05, 0) is 48.9 Å². The van der Waals surface area contributed by atoms with Crippen molar-refractivity contribution in [2.24, 2.45) is 0 Å². The second-order valence-electron chi connectivity index (χ2n) is 8.38. The van der Waals surface area contributed by atoms with Crippen LogP contribution in [0.4, 0.5) is 15.8 Å². The summed E-state index contributed by atoms with van der Waals surface area (Å²) in [6, 6.07) is 10.6. The molecule has 0 saturated carbocycles. The molecule has 0 radical (unpaired) electrons. The first-order valence-electron chi connectivity index (χ1n) is 10.7. The van der Waals surface area contributed by atoms with Crippen molar-refractivity contribution in [3.05, 3.63) is 97.3 Å². The van der Waals surface area contributed by atoms with Crippen molar-refractivity contribution in [3.8, 4) is 5.75 Å². The fourth-order valence-electron chi connectivity index (χ4n) is 4.60. The lowest BCUT2D eigenvalue weighted by atomic mass is 9.85. The quantitative estimate of drug-likeness (QED) is 0.198. The minimum absolute atomic E-state index is 0.0295. The zero-order valence-electron chi connectivity index (χ0n) is 18.9. The summed E-state index contributed by atoms with van der Waals surface area (Å²) in [7, 11) is 1.44. The highest BCUT2D eigenvalue weighted by molar-refractivity contribution is 9.10. The average Bonchev–Trinajstić information content (AvgIpc) is 3.09. The molecule has 5 rings (SSSR count). The van der Waals surface area contributed by atoms with Crippen LogP contribution in [0.1, 0.15) is 37.9 Å². The number of nitrogens with zero attached hydrogens (tertiary/aromatic N) is 3. The first-order chi connectivity index (χ1) is 17.1. The topological polar surface area (TPSA) is 110 Å². The SMILES string of the molecule is COc1ccc(Br)cc1[C@@H]1[C@H](N2C(=O)c3ccc([N+](=O)[O-])cc3C2=O)C(=O)N1c1ccc(C)c(F)c1. The number of carbonyl (C=O) groups excluding carboxylic acids is 3. The molecule has 36 heavy (non-hydrogen) atoms. The predicted molar refractivity (Wildman–Crippen MR) is 129 cm³/mol. The third kappa shape index (κ3) is 3.46. The van der Waals surface area contributed by atoms with Gasteiger partial charge in [-0.15, -0.1) is 0 Å². The molecule has 3 aromatic rings. The summed E-state index contributed by atoms with van der Waals surface area (Å²) in [6.07, 6.45) is 0. The maximum atomic E-state index is 14.4. The summed E-state index contributed by atoms with van der Waals surface area (Å²) in [5, 5.41) is 11.2. The molecular formula is C25H17BrFN3O6. The molecular weight excluding hydrogens is 537 g/mol. The summed E-state index contributed by atoms with van der Waals surface area (Å²) in [4.78, 5) is 52.8. The Balaban J connectivity index is 1.64. The molecule has 3 aromatic carbocycles. The molecule has 0 N–H and O–H groups in total. The Bertz CT molecular complexity index is 1490. The predicted octanol–water partition coefficient (Wildman–Crippen LogP) is 4.57. The van der Waals surface area contributed by atoms with Crippen LogP contribution in [0.5, 0.6) is 5.75 Å². The second kappa shape index (κ2) is 8.52. The van der Waals surface area contributed by atoms with E-state index in [9.17, 15) is 28.9 Å². The minimum Gasteiger partial charge on any atom is -0.496 e. The largest absolute Gasteiger partial charge is 0.496 e. The van der Waals surface area contributed by atoms with Crippen LogP contribution in [0.15, 0.2) is 59.1 Å². The maximum absolute atomic E-state index is 14.4. The number of carbonyl (C=O) groups is 3. The standard InChI is InChI=1S/C25H17BrFN3O6/c1-12-3-5-14(11-19(12)27)28-21(18-9-13(26)4-8-20(18)36-2)22(25(28)33)29-23(31)16-7-6-15(30(34)35)10-17(16)24(29)32/h3-11,21-22H,1-2H3/t21-,22+/m1/s1. The number of nitro benzene ring substituents is 1. The molecule has 2 atom stereocenters. The van der Waals surface area contributed by atoms with E-state index in [1.807, 2.05) is 0 Å². The van der Waals surface area contributed by atoms with Gasteiger partial charge in [0.2, 0.25) is 0 Å². The average molecular weight is 554 g/mol. The number of ether oxygens (including phenoxy) is 1. The highest BCUT2D eigenvalue weighted by atomic mass is 79.9. The molecule has 9 nitrogen and oxygen atoms in total. The van der Waals surface area contributed by atoms with Gasteiger partial charge < -0.3 is 9.64 Å². The molecule has 0 aliphatic carbocycles. The van der Waals surface area contributed by atoms with Crippen LogP contribution in [0.2, 0.25) is 0 Å². The van der Waals surface area contributed by atoms with Crippen LogP contribution in [0.25, 0.3) is 0 Å². The number of rotatable bonds is 5. The molecule has 2 aliphatic heterocycles. The van der Waals surface area contributed by atoms with Crippen LogP contribution in [0.3, 0.4) is 0 Å². The Morgan fingerprint density at radius 3 is 2.33 bits per heavy atom. The van der Waals surface area contributed by atoms with E-state index in [-0.39, 0.29) is 22.5 Å². The van der Waals surface area contributed by atoms with Crippen molar-refractivity contribution in [2.45, 2.75) is 19.0 Å². The summed E-state index contributed by atoms with van der Waals surface area (Å²) in [5.74, 6) is -2.28. The van der Waals surface area contributed by atoms with E-state index in [2.05, 4.69) is 15.9 Å². The number of β-lactam (4-membered cyclic amide) rings is 1. The first-order valence-corrected chi connectivity index (χ1v) is 11.5. The molecule has 2 heterocycles. The van der Waals surface area contributed by atoms with E-state index >= 15 is 0 Å². The van der Waals surface area contributed by atoms with Crippen LogP contribution in [-0.2, 0) is 4.79 Å². The fourth-order valence-corrected chi connectivity index (χ4v) is 4.98. The van der Waals surface area contributed by atoms with Gasteiger partial charge in [-0.1, -0.05) is 22.0 Å². The number of anilines is 1. The Morgan fingerprint density at radius 1 is 0.944 bits per heavy atom. The monoisotopic (exact) mass is 553 g/mol. The molecule has 1 fully saturated rings. The number of amides is 3. The molecule has 0 spiro atoms. The molecule has 0 aromatic heterocycles. The number of methoxy groups -OCH3 is 1. The van der Waals surface area contributed by atoms with Gasteiger partial charge in [0.05, 0.1) is 29.2 Å². The number of aryl methyl sites for hydroxylation is 1. The molecule has 182 valence electrons. The zero-order valence-corrected chi connectivity index (χ0v) is 20.5. The van der Waals surface area contributed by atoms with Gasteiger partial charge in [-0.3, -0.25) is 29.4 Å². The molecule has 3 amide bonds. The number of benzene rings is 3. The number of hydrogen-bond acceptors (Lipinski definition) is 6. The smallest absolute Gasteiger partial charge is 0.270 e. The number of non-ortho nitro benzene ring substituents is 1. The van der Waals surface area contributed by atoms with Gasteiger partial charge in [0.15, 0.2) is 0 Å².